The van der Waals surface area contributed by atoms with Gasteiger partial charge >= 0.3 is 5.97 Å². The molecular formula is C11H18N2O2. The lowest BCUT2D eigenvalue weighted by Gasteiger charge is -2.15. The average Bonchev–Trinajstić information content (AvgIpc) is 2.62. The maximum Gasteiger partial charge on any atom is 0.326 e. The molecule has 1 rings (SSSR count). The van der Waals surface area contributed by atoms with Gasteiger partial charge in [0.1, 0.15) is 11.9 Å². The van der Waals surface area contributed by atoms with Crippen LogP contribution in [0.2, 0.25) is 0 Å². The van der Waals surface area contributed by atoms with Crippen LogP contribution in [-0.4, -0.2) is 20.6 Å². The molecule has 15 heavy (non-hydrogen) atoms. The lowest BCUT2D eigenvalue weighted by atomic mass is 10.1. The van der Waals surface area contributed by atoms with Crippen LogP contribution in [0.25, 0.3) is 0 Å². The number of carboxylic acid groups (broad SMARTS) is 1. The SMILES string of the molecule is CCCc1nccn1C(CCC)C(=O)O. The number of rotatable bonds is 6. The van der Waals surface area contributed by atoms with Gasteiger partial charge in [-0.15, -0.1) is 0 Å². The van der Waals surface area contributed by atoms with E-state index >= 15 is 0 Å². The summed E-state index contributed by atoms with van der Waals surface area (Å²) in [6.07, 6.45) is 6.77. The number of imidazole rings is 1. The highest BCUT2D eigenvalue weighted by molar-refractivity contribution is 5.71. The molecule has 84 valence electrons. The summed E-state index contributed by atoms with van der Waals surface area (Å²) in [5, 5.41) is 9.12. The number of nitrogens with zero attached hydrogens (tertiary/aromatic N) is 2. The minimum absolute atomic E-state index is 0.459. The van der Waals surface area contributed by atoms with Crippen LogP contribution in [0.4, 0.5) is 0 Å². The van der Waals surface area contributed by atoms with E-state index in [0.717, 1.165) is 25.1 Å². The number of aliphatic carboxylic acids is 1. The van der Waals surface area contributed by atoms with E-state index in [1.807, 2.05) is 6.92 Å². The molecule has 0 spiro atoms. The number of carbonyl (C=O) groups is 1. The van der Waals surface area contributed by atoms with Crippen LogP contribution in [-0.2, 0) is 11.2 Å². The average molecular weight is 210 g/mol. The molecule has 0 radical (unpaired) electrons. The van der Waals surface area contributed by atoms with Crippen molar-refractivity contribution in [2.75, 3.05) is 0 Å². The lowest BCUT2D eigenvalue weighted by molar-refractivity contribution is -0.141. The summed E-state index contributed by atoms with van der Waals surface area (Å²) in [7, 11) is 0. The second kappa shape index (κ2) is 5.53. The van der Waals surface area contributed by atoms with Gasteiger partial charge in [-0.05, 0) is 12.8 Å². The predicted octanol–water partition coefficient (Wildman–Crippen LogP) is 2.26. The first-order chi connectivity index (χ1) is 7.20. The molecule has 0 aliphatic carbocycles. The van der Waals surface area contributed by atoms with Gasteiger partial charge in [0.15, 0.2) is 0 Å². The Balaban J connectivity index is 2.89. The molecule has 4 nitrogen and oxygen atoms in total. The van der Waals surface area contributed by atoms with Gasteiger partial charge in [-0.1, -0.05) is 20.3 Å². The summed E-state index contributed by atoms with van der Waals surface area (Å²) in [5.74, 6) is 0.102. The van der Waals surface area contributed by atoms with Gasteiger partial charge in [0.25, 0.3) is 0 Å². The van der Waals surface area contributed by atoms with E-state index in [2.05, 4.69) is 11.9 Å². The van der Waals surface area contributed by atoms with Crippen LogP contribution in [0.3, 0.4) is 0 Å². The topological polar surface area (TPSA) is 55.1 Å². The monoisotopic (exact) mass is 210 g/mol. The Hall–Kier alpha value is -1.32. The van der Waals surface area contributed by atoms with Crippen LogP contribution >= 0.6 is 0 Å². The fraction of sp³-hybridized carbons (Fsp3) is 0.636. The number of aromatic nitrogens is 2. The molecular weight excluding hydrogens is 192 g/mol. The highest BCUT2D eigenvalue weighted by Gasteiger charge is 2.20. The van der Waals surface area contributed by atoms with Crippen molar-refractivity contribution in [2.24, 2.45) is 0 Å². The molecule has 0 amide bonds. The number of carboxylic acids is 1. The maximum atomic E-state index is 11.1. The third-order valence-electron chi connectivity index (χ3n) is 2.41. The summed E-state index contributed by atoms with van der Waals surface area (Å²) in [5.41, 5.74) is 0. The maximum absolute atomic E-state index is 11.1. The van der Waals surface area contributed by atoms with Crippen LogP contribution < -0.4 is 0 Å². The van der Waals surface area contributed by atoms with Gasteiger partial charge in [-0.3, -0.25) is 0 Å². The second-order valence-electron chi connectivity index (χ2n) is 3.64. The zero-order valence-corrected chi connectivity index (χ0v) is 9.31. The molecule has 0 aromatic carbocycles. The second-order valence-corrected chi connectivity index (χ2v) is 3.64. The molecule has 0 saturated carbocycles. The van der Waals surface area contributed by atoms with Crippen LogP contribution in [0, 0.1) is 0 Å². The summed E-state index contributed by atoms with van der Waals surface area (Å²) in [6, 6.07) is -0.459. The molecule has 4 heteroatoms. The molecule has 0 aliphatic rings. The largest absolute Gasteiger partial charge is 0.480 e. The summed E-state index contributed by atoms with van der Waals surface area (Å²) in [4.78, 5) is 15.3. The minimum Gasteiger partial charge on any atom is -0.480 e. The molecule has 1 N–H and O–H groups in total. The van der Waals surface area contributed by atoms with Gasteiger partial charge in [-0.25, -0.2) is 9.78 Å². The van der Waals surface area contributed by atoms with Gasteiger partial charge in [0.05, 0.1) is 0 Å². The Kier molecular flexibility index (Phi) is 4.34. The normalized spacial score (nSPS) is 12.7. The third kappa shape index (κ3) is 2.81. The summed E-state index contributed by atoms with van der Waals surface area (Å²) < 4.78 is 1.79. The molecule has 1 unspecified atom stereocenters. The fourth-order valence-corrected chi connectivity index (χ4v) is 1.70. The fourth-order valence-electron chi connectivity index (χ4n) is 1.70. The van der Waals surface area contributed by atoms with Crippen LogP contribution in [0.5, 0.6) is 0 Å². The van der Waals surface area contributed by atoms with Gasteiger partial charge in [0, 0.05) is 18.8 Å². The van der Waals surface area contributed by atoms with Crippen molar-refractivity contribution in [2.45, 2.75) is 45.6 Å². The smallest absolute Gasteiger partial charge is 0.326 e. The molecule has 1 atom stereocenters. The summed E-state index contributed by atoms with van der Waals surface area (Å²) >= 11 is 0. The highest BCUT2D eigenvalue weighted by atomic mass is 16.4. The van der Waals surface area contributed by atoms with Crippen molar-refractivity contribution >= 4 is 5.97 Å². The summed E-state index contributed by atoms with van der Waals surface area (Å²) in [6.45, 7) is 4.06. The Bertz CT molecular complexity index is 320. The Morgan fingerprint density at radius 2 is 2.27 bits per heavy atom. The standard InChI is InChI=1S/C11H18N2O2/c1-3-5-9(11(14)15)13-8-7-12-10(13)6-4-2/h7-9H,3-6H2,1-2H3,(H,14,15). The van der Waals surface area contributed by atoms with Crippen molar-refractivity contribution in [1.82, 2.24) is 9.55 Å². The zero-order chi connectivity index (χ0) is 11.3. The number of hydrogen-bond donors (Lipinski definition) is 1. The van der Waals surface area contributed by atoms with Crippen molar-refractivity contribution in [1.29, 1.82) is 0 Å². The Labute approximate surface area is 89.9 Å². The van der Waals surface area contributed by atoms with E-state index in [9.17, 15) is 4.79 Å². The number of hydrogen-bond acceptors (Lipinski definition) is 2. The van der Waals surface area contributed by atoms with Gasteiger partial charge < -0.3 is 9.67 Å². The first kappa shape index (κ1) is 11.8. The van der Waals surface area contributed by atoms with Crippen molar-refractivity contribution < 1.29 is 9.90 Å². The van der Waals surface area contributed by atoms with E-state index in [0.29, 0.717) is 6.42 Å². The van der Waals surface area contributed by atoms with E-state index in [-0.39, 0.29) is 0 Å². The quantitative estimate of drug-likeness (QED) is 0.783. The zero-order valence-electron chi connectivity index (χ0n) is 9.31. The molecule has 0 saturated heterocycles. The van der Waals surface area contributed by atoms with E-state index in [1.165, 1.54) is 0 Å². The molecule has 0 aliphatic heterocycles. The minimum atomic E-state index is -0.771. The molecule has 1 heterocycles. The lowest BCUT2D eigenvalue weighted by Crippen LogP contribution is -2.20. The van der Waals surface area contributed by atoms with Crippen LogP contribution in [0.15, 0.2) is 12.4 Å². The first-order valence-electron chi connectivity index (χ1n) is 5.45. The van der Waals surface area contributed by atoms with Crippen molar-refractivity contribution in [3.8, 4) is 0 Å². The molecule has 1 aromatic rings. The van der Waals surface area contributed by atoms with Crippen molar-refractivity contribution in [3.63, 3.8) is 0 Å². The molecule has 1 aromatic heterocycles. The van der Waals surface area contributed by atoms with Gasteiger partial charge in [-0.2, -0.15) is 0 Å². The third-order valence-corrected chi connectivity index (χ3v) is 2.41. The molecule has 0 fully saturated rings. The molecule has 0 bridgehead atoms. The van der Waals surface area contributed by atoms with E-state index in [4.69, 9.17) is 5.11 Å². The number of aryl methyl sites for hydroxylation is 1. The Morgan fingerprint density at radius 1 is 1.53 bits per heavy atom. The first-order valence-corrected chi connectivity index (χ1v) is 5.45. The van der Waals surface area contributed by atoms with Crippen molar-refractivity contribution in [3.05, 3.63) is 18.2 Å². The van der Waals surface area contributed by atoms with E-state index in [1.54, 1.807) is 17.0 Å². The van der Waals surface area contributed by atoms with Crippen LogP contribution in [0.1, 0.15) is 45.0 Å². The Morgan fingerprint density at radius 3 is 2.80 bits per heavy atom. The van der Waals surface area contributed by atoms with E-state index < -0.39 is 12.0 Å². The predicted molar refractivity (Wildman–Crippen MR) is 57.8 cm³/mol. The highest BCUT2D eigenvalue weighted by Crippen LogP contribution is 2.17. The van der Waals surface area contributed by atoms with Gasteiger partial charge in [0.2, 0.25) is 0 Å².